The van der Waals surface area contributed by atoms with Crippen LogP contribution >= 0.6 is 0 Å². The normalized spacial score (nSPS) is 11.3. The molecule has 0 saturated heterocycles. The monoisotopic (exact) mass is 277 g/mol. The number of carboxylic acids is 1. The highest BCUT2D eigenvalue weighted by Gasteiger charge is 2.09. The Bertz CT molecular complexity index is 592. The summed E-state index contributed by atoms with van der Waals surface area (Å²) >= 11 is 0. The van der Waals surface area contributed by atoms with E-state index in [1.807, 2.05) is 0 Å². The van der Waals surface area contributed by atoms with Crippen molar-refractivity contribution in [2.24, 2.45) is 5.92 Å². The topological polar surface area (TPSA) is 77.2 Å². The van der Waals surface area contributed by atoms with Crippen LogP contribution in [0.25, 0.3) is 11.0 Å². The van der Waals surface area contributed by atoms with Crippen LogP contribution in [0.1, 0.15) is 30.6 Å². The smallest absolute Gasteiger partial charge is 0.335 e. The van der Waals surface area contributed by atoms with E-state index in [-0.39, 0.29) is 5.56 Å². The highest BCUT2D eigenvalue weighted by atomic mass is 16.5. The number of ether oxygens (including phenoxy) is 1. The molecule has 1 N–H and O–H groups in total. The lowest BCUT2D eigenvalue weighted by Gasteiger charge is -2.06. The van der Waals surface area contributed by atoms with Gasteiger partial charge in [-0.25, -0.2) is 9.48 Å². The van der Waals surface area contributed by atoms with Crippen molar-refractivity contribution < 1.29 is 14.6 Å². The molecule has 2 rings (SSSR count). The summed E-state index contributed by atoms with van der Waals surface area (Å²) in [6.45, 7) is 6.15. The molecule has 0 aliphatic rings. The van der Waals surface area contributed by atoms with Gasteiger partial charge in [-0.2, -0.15) is 0 Å². The summed E-state index contributed by atoms with van der Waals surface area (Å²) in [6, 6.07) is 4.79. The first kappa shape index (κ1) is 14.5. The Morgan fingerprint density at radius 1 is 1.40 bits per heavy atom. The molecule has 6 heteroatoms. The Balaban J connectivity index is 1.99. The third kappa shape index (κ3) is 3.54. The number of carboxylic acid groups (broad SMARTS) is 1. The first-order chi connectivity index (χ1) is 9.58. The Kier molecular flexibility index (Phi) is 4.68. The maximum atomic E-state index is 11.0. The third-order valence-electron chi connectivity index (χ3n) is 3.05. The zero-order valence-electron chi connectivity index (χ0n) is 11.7. The van der Waals surface area contributed by atoms with Gasteiger partial charge in [0.25, 0.3) is 0 Å². The minimum Gasteiger partial charge on any atom is -0.478 e. The molecule has 2 aromatic rings. The van der Waals surface area contributed by atoms with E-state index >= 15 is 0 Å². The fourth-order valence-electron chi connectivity index (χ4n) is 1.84. The molecule has 0 aliphatic heterocycles. The Hall–Kier alpha value is -1.95. The van der Waals surface area contributed by atoms with Gasteiger partial charge < -0.3 is 9.84 Å². The molecule has 1 aromatic carbocycles. The Labute approximate surface area is 117 Å². The molecule has 20 heavy (non-hydrogen) atoms. The number of hydrogen-bond acceptors (Lipinski definition) is 4. The van der Waals surface area contributed by atoms with E-state index < -0.39 is 5.97 Å². The Morgan fingerprint density at radius 3 is 2.90 bits per heavy atom. The molecule has 0 aliphatic carbocycles. The molecule has 0 unspecified atom stereocenters. The average Bonchev–Trinajstić information content (AvgIpc) is 2.80. The first-order valence-electron chi connectivity index (χ1n) is 6.72. The van der Waals surface area contributed by atoms with Crippen molar-refractivity contribution in [1.82, 2.24) is 15.0 Å². The first-order valence-corrected chi connectivity index (χ1v) is 6.72. The van der Waals surface area contributed by atoms with Gasteiger partial charge in [0.2, 0.25) is 0 Å². The third-order valence-corrected chi connectivity index (χ3v) is 3.05. The molecule has 0 spiro atoms. The van der Waals surface area contributed by atoms with Crippen LogP contribution in [0.4, 0.5) is 0 Å². The van der Waals surface area contributed by atoms with Gasteiger partial charge in [-0.3, -0.25) is 0 Å². The lowest BCUT2D eigenvalue weighted by atomic mass is 10.1. The van der Waals surface area contributed by atoms with Crippen molar-refractivity contribution in [2.45, 2.75) is 26.8 Å². The number of benzene rings is 1. The summed E-state index contributed by atoms with van der Waals surface area (Å²) in [5, 5.41) is 17.0. The van der Waals surface area contributed by atoms with Gasteiger partial charge in [0, 0.05) is 6.61 Å². The van der Waals surface area contributed by atoms with E-state index in [0.717, 1.165) is 18.5 Å². The summed E-state index contributed by atoms with van der Waals surface area (Å²) in [5.74, 6) is -0.326. The predicted molar refractivity (Wildman–Crippen MR) is 74.8 cm³/mol. The summed E-state index contributed by atoms with van der Waals surface area (Å²) in [6.07, 6.45) is 1.03. The maximum Gasteiger partial charge on any atom is 0.335 e. The van der Waals surface area contributed by atoms with Crippen LogP contribution in [0.2, 0.25) is 0 Å². The lowest BCUT2D eigenvalue weighted by Crippen LogP contribution is -2.09. The fraction of sp³-hybridized carbons (Fsp3) is 0.500. The fourth-order valence-corrected chi connectivity index (χ4v) is 1.84. The number of fused-ring (bicyclic) bond motifs is 1. The van der Waals surface area contributed by atoms with Crippen molar-refractivity contribution >= 4 is 17.0 Å². The van der Waals surface area contributed by atoms with Crippen LogP contribution in [0.15, 0.2) is 18.2 Å². The number of nitrogens with zero attached hydrogens (tertiary/aromatic N) is 3. The molecule has 0 fully saturated rings. The number of aromatic carboxylic acids is 1. The molecule has 1 heterocycles. The van der Waals surface area contributed by atoms with Crippen LogP contribution in [0, 0.1) is 5.92 Å². The van der Waals surface area contributed by atoms with Crippen molar-refractivity contribution in [2.75, 3.05) is 13.2 Å². The second-order valence-electron chi connectivity index (χ2n) is 5.12. The largest absolute Gasteiger partial charge is 0.478 e. The van der Waals surface area contributed by atoms with Gasteiger partial charge >= 0.3 is 5.97 Å². The van der Waals surface area contributed by atoms with Crippen molar-refractivity contribution in [1.29, 1.82) is 0 Å². The molecule has 0 amide bonds. The van der Waals surface area contributed by atoms with Crippen LogP contribution in [0.5, 0.6) is 0 Å². The van der Waals surface area contributed by atoms with Crippen LogP contribution in [-0.4, -0.2) is 39.3 Å². The second kappa shape index (κ2) is 6.47. The Morgan fingerprint density at radius 2 is 2.20 bits per heavy atom. The van der Waals surface area contributed by atoms with Gasteiger partial charge in [0.1, 0.15) is 5.52 Å². The van der Waals surface area contributed by atoms with Gasteiger partial charge in [-0.05, 0) is 30.5 Å². The lowest BCUT2D eigenvalue weighted by molar-refractivity contribution is 0.0697. The summed E-state index contributed by atoms with van der Waals surface area (Å²) < 4.78 is 7.22. The molecule has 1 aromatic heterocycles. The van der Waals surface area contributed by atoms with E-state index in [2.05, 4.69) is 24.2 Å². The number of hydrogen-bond donors (Lipinski definition) is 1. The SMILES string of the molecule is CC(C)CCOCCn1nnc2ccc(C(=O)O)cc21. The summed E-state index contributed by atoms with van der Waals surface area (Å²) in [7, 11) is 0. The second-order valence-corrected chi connectivity index (χ2v) is 5.12. The molecule has 0 atom stereocenters. The van der Waals surface area contributed by atoms with E-state index in [4.69, 9.17) is 9.84 Å². The zero-order valence-corrected chi connectivity index (χ0v) is 11.7. The highest BCUT2D eigenvalue weighted by molar-refractivity contribution is 5.92. The minimum absolute atomic E-state index is 0.238. The summed E-state index contributed by atoms with van der Waals surface area (Å²) in [5.41, 5.74) is 1.65. The van der Waals surface area contributed by atoms with Gasteiger partial charge in [-0.15, -0.1) is 5.10 Å². The number of carbonyl (C=O) groups is 1. The number of rotatable bonds is 7. The molecule has 6 nitrogen and oxygen atoms in total. The zero-order chi connectivity index (χ0) is 14.5. The molecular formula is C14H19N3O3. The van der Waals surface area contributed by atoms with Gasteiger partial charge in [-0.1, -0.05) is 19.1 Å². The van der Waals surface area contributed by atoms with Crippen molar-refractivity contribution in [3.8, 4) is 0 Å². The van der Waals surface area contributed by atoms with Crippen LogP contribution < -0.4 is 0 Å². The van der Waals surface area contributed by atoms with Gasteiger partial charge in [0.15, 0.2) is 0 Å². The quantitative estimate of drug-likeness (QED) is 0.785. The van der Waals surface area contributed by atoms with Crippen molar-refractivity contribution in [3.63, 3.8) is 0 Å². The molecule has 108 valence electrons. The molecule has 0 bridgehead atoms. The standard InChI is InChI=1S/C14H19N3O3/c1-10(2)5-7-20-8-6-17-13-9-11(14(18)19)3-4-12(13)15-16-17/h3-4,9-10H,5-8H2,1-2H3,(H,18,19). The average molecular weight is 277 g/mol. The van der Waals surface area contributed by atoms with E-state index in [9.17, 15) is 4.79 Å². The van der Waals surface area contributed by atoms with Crippen molar-refractivity contribution in [3.05, 3.63) is 23.8 Å². The maximum absolute atomic E-state index is 11.0. The predicted octanol–water partition coefficient (Wildman–Crippen LogP) is 2.19. The highest BCUT2D eigenvalue weighted by Crippen LogP contribution is 2.13. The molecular weight excluding hydrogens is 258 g/mol. The van der Waals surface area contributed by atoms with Gasteiger partial charge in [0.05, 0.1) is 24.2 Å². The summed E-state index contributed by atoms with van der Waals surface area (Å²) in [4.78, 5) is 11.0. The van der Waals surface area contributed by atoms with E-state index in [0.29, 0.717) is 24.6 Å². The van der Waals surface area contributed by atoms with Crippen LogP contribution in [-0.2, 0) is 11.3 Å². The van der Waals surface area contributed by atoms with Crippen LogP contribution in [0.3, 0.4) is 0 Å². The van der Waals surface area contributed by atoms with E-state index in [1.54, 1.807) is 16.8 Å². The number of aromatic nitrogens is 3. The van der Waals surface area contributed by atoms with E-state index in [1.165, 1.54) is 6.07 Å². The minimum atomic E-state index is -0.951. The molecule has 0 radical (unpaired) electrons. The molecule has 0 saturated carbocycles.